The van der Waals surface area contributed by atoms with Gasteiger partial charge in [0.1, 0.15) is 11.6 Å². The lowest BCUT2D eigenvalue weighted by Crippen LogP contribution is -2.45. The molecule has 0 saturated heterocycles. The Bertz CT molecular complexity index is 1140. The molecule has 1 N–H and O–H groups in total. The molecule has 0 radical (unpaired) electrons. The van der Waals surface area contributed by atoms with Crippen molar-refractivity contribution in [2.75, 3.05) is 7.11 Å². The van der Waals surface area contributed by atoms with E-state index in [1.165, 1.54) is 31.4 Å². The van der Waals surface area contributed by atoms with E-state index in [-0.39, 0.29) is 18.9 Å². The minimum Gasteiger partial charge on any atom is -0.497 e. The maximum Gasteiger partial charge on any atom is 0.352 e. The summed E-state index contributed by atoms with van der Waals surface area (Å²) in [6.07, 6.45) is 0. The minimum absolute atomic E-state index is 0.0774. The lowest BCUT2D eigenvalue weighted by Gasteiger charge is -2.11. The molecule has 29 heavy (non-hydrogen) atoms. The summed E-state index contributed by atoms with van der Waals surface area (Å²) in [6, 6.07) is 12.0. The molecule has 9 heteroatoms. The Balaban J connectivity index is 1.96. The number of aromatic nitrogens is 3. The van der Waals surface area contributed by atoms with Gasteiger partial charge in [0.25, 0.3) is 11.5 Å². The molecule has 0 aliphatic carbocycles. The monoisotopic (exact) mass is 398 g/mol. The SMILES string of the molecule is CCn1c(=O)c(C(=O)NCc2ccc(F)cc2)nn(-c2ccc(OC)cc2)c1=O. The molecule has 8 nitrogen and oxygen atoms in total. The molecule has 0 atom stereocenters. The van der Waals surface area contributed by atoms with Gasteiger partial charge in [-0.1, -0.05) is 12.1 Å². The predicted octanol–water partition coefficient (Wildman–Crippen LogP) is 1.49. The summed E-state index contributed by atoms with van der Waals surface area (Å²) in [6.45, 7) is 1.78. The summed E-state index contributed by atoms with van der Waals surface area (Å²) in [5.74, 6) is -0.536. The van der Waals surface area contributed by atoms with Crippen molar-refractivity contribution in [2.24, 2.45) is 0 Å². The van der Waals surface area contributed by atoms with Crippen LogP contribution in [0.1, 0.15) is 23.0 Å². The van der Waals surface area contributed by atoms with Crippen molar-refractivity contribution < 1.29 is 13.9 Å². The third-order valence-electron chi connectivity index (χ3n) is 4.27. The molecule has 3 aromatic rings. The lowest BCUT2D eigenvalue weighted by molar-refractivity contribution is 0.0941. The Morgan fingerprint density at radius 3 is 2.34 bits per heavy atom. The zero-order chi connectivity index (χ0) is 21.0. The van der Waals surface area contributed by atoms with Crippen LogP contribution in [-0.4, -0.2) is 27.4 Å². The van der Waals surface area contributed by atoms with Crippen LogP contribution in [0.25, 0.3) is 5.69 Å². The molecule has 1 amide bonds. The highest BCUT2D eigenvalue weighted by molar-refractivity contribution is 5.91. The summed E-state index contributed by atoms with van der Waals surface area (Å²) in [5, 5.41) is 6.56. The first-order valence-corrected chi connectivity index (χ1v) is 8.85. The van der Waals surface area contributed by atoms with Crippen LogP contribution in [0, 0.1) is 5.82 Å². The van der Waals surface area contributed by atoms with E-state index in [1.54, 1.807) is 31.2 Å². The van der Waals surface area contributed by atoms with Crippen LogP contribution in [0.2, 0.25) is 0 Å². The second-order valence-electron chi connectivity index (χ2n) is 6.10. The van der Waals surface area contributed by atoms with Crippen LogP contribution in [-0.2, 0) is 13.1 Å². The molecule has 1 heterocycles. The number of nitrogens with zero attached hydrogens (tertiary/aromatic N) is 3. The van der Waals surface area contributed by atoms with Crippen molar-refractivity contribution in [1.82, 2.24) is 19.7 Å². The molecule has 0 unspecified atom stereocenters. The maximum absolute atomic E-state index is 13.0. The first kappa shape index (κ1) is 20.0. The van der Waals surface area contributed by atoms with Crippen LogP contribution in [0.4, 0.5) is 4.39 Å². The molecule has 0 bridgehead atoms. The van der Waals surface area contributed by atoms with E-state index in [0.717, 1.165) is 9.25 Å². The zero-order valence-electron chi connectivity index (χ0n) is 15.9. The van der Waals surface area contributed by atoms with Gasteiger partial charge in [0.15, 0.2) is 0 Å². The van der Waals surface area contributed by atoms with Gasteiger partial charge >= 0.3 is 5.69 Å². The number of nitrogens with one attached hydrogen (secondary N) is 1. The summed E-state index contributed by atoms with van der Waals surface area (Å²) in [4.78, 5) is 37.8. The molecule has 150 valence electrons. The number of amides is 1. The molecule has 2 aromatic carbocycles. The predicted molar refractivity (Wildman–Crippen MR) is 104 cm³/mol. The van der Waals surface area contributed by atoms with Gasteiger partial charge in [-0.2, -0.15) is 9.78 Å². The van der Waals surface area contributed by atoms with Gasteiger partial charge in [-0.25, -0.2) is 9.18 Å². The molecule has 0 spiro atoms. The van der Waals surface area contributed by atoms with Crippen LogP contribution < -0.4 is 21.3 Å². The number of methoxy groups -OCH3 is 1. The summed E-state index contributed by atoms with van der Waals surface area (Å²) >= 11 is 0. The largest absolute Gasteiger partial charge is 0.497 e. The van der Waals surface area contributed by atoms with Crippen LogP contribution >= 0.6 is 0 Å². The van der Waals surface area contributed by atoms with Crippen molar-refractivity contribution >= 4 is 5.91 Å². The molecular formula is C20H19FN4O4. The summed E-state index contributed by atoms with van der Waals surface area (Å²) in [5.41, 5.74) is -0.814. The number of carbonyl (C=O) groups excluding carboxylic acids is 1. The maximum atomic E-state index is 13.0. The average Bonchev–Trinajstić information content (AvgIpc) is 2.74. The Labute approximate surface area is 165 Å². The fourth-order valence-electron chi connectivity index (χ4n) is 2.70. The number of hydrogen-bond donors (Lipinski definition) is 1. The normalized spacial score (nSPS) is 10.6. The number of rotatable bonds is 6. The first-order chi connectivity index (χ1) is 13.9. The fourth-order valence-corrected chi connectivity index (χ4v) is 2.70. The Kier molecular flexibility index (Phi) is 5.87. The molecule has 1 aromatic heterocycles. The molecule has 0 aliphatic heterocycles. The van der Waals surface area contributed by atoms with E-state index in [4.69, 9.17) is 4.74 Å². The van der Waals surface area contributed by atoms with Crippen molar-refractivity contribution in [3.05, 3.63) is 86.4 Å². The van der Waals surface area contributed by atoms with Gasteiger partial charge in [-0.3, -0.25) is 14.2 Å². The first-order valence-electron chi connectivity index (χ1n) is 8.85. The van der Waals surface area contributed by atoms with Crippen molar-refractivity contribution in [2.45, 2.75) is 20.0 Å². The number of hydrogen-bond acceptors (Lipinski definition) is 5. The van der Waals surface area contributed by atoms with Crippen LogP contribution in [0.3, 0.4) is 0 Å². The van der Waals surface area contributed by atoms with E-state index in [1.807, 2.05) is 0 Å². The van der Waals surface area contributed by atoms with Gasteiger partial charge in [0.05, 0.1) is 12.8 Å². The lowest BCUT2D eigenvalue weighted by atomic mass is 10.2. The van der Waals surface area contributed by atoms with Crippen LogP contribution in [0.5, 0.6) is 5.75 Å². The second-order valence-corrected chi connectivity index (χ2v) is 6.10. The Hall–Kier alpha value is -3.75. The minimum atomic E-state index is -0.779. The van der Waals surface area contributed by atoms with E-state index in [0.29, 0.717) is 17.0 Å². The third-order valence-corrected chi connectivity index (χ3v) is 4.27. The summed E-state index contributed by atoms with van der Waals surface area (Å²) in [7, 11) is 1.51. The van der Waals surface area contributed by atoms with Gasteiger partial charge in [0.2, 0.25) is 5.69 Å². The highest BCUT2D eigenvalue weighted by atomic mass is 19.1. The standard InChI is InChI=1S/C20H19FN4O4/c1-3-24-19(27)17(18(26)22-12-13-4-6-14(21)7-5-13)23-25(20(24)28)15-8-10-16(29-2)11-9-15/h4-11H,3,12H2,1-2H3,(H,22,26). The highest BCUT2D eigenvalue weighted by Crippen LogP contribution is 2.12. The molecular weight excluding hydrogens is 379 g/mol. The molecule has 0 fully saturated rings. The Morgan fingerprint density at radius 2 is 1.76 bits per heavy atom. The molecule has 3 rings (SSSR count). The number of benzene rings is 2. The number of halogens is 1. The number of carbonyl (C=O) groups is 1. The highest BCUT2D eigenvalue weighted by Gasteiger charge is 2.19. The Morgan fingerprint density at radius 1 is 1.10 bits per heavy atom. The van der Waals surface area contributed by atoms with E-state index in [9.17, 15) is 18.8 Å². The van der Waals surface area contributed by atoms with Gasteiger partial charge in [-0.05, 0) is 48.9 Å². The van der Waals surface area contributed by atoms with Crippen LogP contribution in [0.15, 0.2) is 58.1 Å². The van der Waals surface area contributed by atoms with Gasteiger partial charge < -0.3 is 10.1 Å². The van der Waals surface area contributed by atoms with Gasteiger partial charge in [0, 0.05) is 13.1 Å². The van der Waals surface area contributed by atoms with E-state index >= 15 is 0 Å². The molecule has 0 saturated carbocycles. The van der Waals surface area contributed by atoms with Crippen molar-refractivity contribution in [3.63, 3.8) is 0 Å². The molecule has 0 aliphatic rings. The van der Waals surface area contributed by atoms with Crippen molar-refractivity contribution in [3.8, 4) is 11.4 Å². The third kappa shape index (κ3) is 4.23. The number of ether oxygens (including phenoxy) is 1. The van der Waals surface area contributed by atoms with Crippen molar-refractivity contribution in [1.29, 1.82) is 0 Å². The fraction of sp³-hybridized carbons (Fsp3) is 0.200. The quantitative estimate of drug-likeness (QED) is 0.679. The average molecular weight is 398 g/mol. The summed E-state index contributed by atoms with van der Waals surface area (Å²) < 4.78 is 20.0. The zero-order valence-corrected chi connectivity index (χ0v) is 15.9. The topological polar surface area (TPSA) is 95.2 Å². The second kappa shape index (κ2) is 8.51. The van der Waals surface area contributed by atoms with Gasteiger partial charge in [-0.15, -0.1) is 0 Å². The smallest absolute Gasteiger partial charge is 0.352 e. The van der Waals surface area contributed by atoms with E-state index < -0.39 is 22.9 Å². The van der Waals surface area contributed by atoms with E-state index in [2.05, 4.69) is 10.4 Å².